The van der Waals surface area contributed by atoms with Crippen LogP contribution in [0.4, 0.5) is 10.1 Å². The van der Waals surface area contributed by atoms with E-state index in [0.717, 1.165) is 10.8 Å². The molecule has 0 saturated carbocycles. The Morgan fingerprint density at radius 2 is 1.94 bits per heavy atom. The molecule has 164 valence electrons. The van der Waals surface area contributed by atoms with Crippen molar-refractivity contribution in [3.8, 4) is 5.75 Å². The van der Waals surface area contributed by atoms with Crippen LogP contribution in [0.1, 0.15) is 26.0 Å². The molecule has 0 bridgehead atoms. The van der Waals surface area contributed by atoms with Gasteiger partial charge in [-0.1, -0.05) is 23.2 Å². The minimum absolute atomic E-state index is 0.00852. The second-order valence-electron chi connectivity index (χ2n) is 6.53. The molecule has 2 aromatic heterocycles. The Balaban J connectivity index is 1.44. The molecule has 0 fully saturated rings. The molecular weight excluding hydrogens is 480 g/mol. The average molecular weight is 494 g/mol. The van der Waals surface area contributed by atoms with Gasteiger partial charge in [-0.25, -0.2) is 9.18 Å². The lowest BCUT2D eigenvalue weighted by molar-refractivity contribution is 0.0606. The Labute approximate surface area is 195 Å². The van der Waals surface area contributed by atoms with Crippen molar-refractivity contribution < 1.29 is 27.9 Å². The molecule has 2 aromatic carbocycles. The van der Waals surface area contributed by atoms with E-state index in [-0.39, 0.29) is 17.4 Å². The number of carbonyl (C=O) groups is 2. The van der Waals surface area contributed by atoms with Gasteiger partial charge in [-0.3, -0.25) is 4.79 Å². The summed E-state index contributed by atoms with van der Waals surface area (Å²) < 4.78 is 29.6. The van der Waals surface area contributed by atoms with Crippen LogP contribution in [0, 0.1) is 5.82 Å². The van der Waals surface area contributed by atoms with Crippen molar-refractivity contribution >= 4 is 62.2 Å². The summed E-state index contributed by atoms with van der Waals surface area (Å²) in [6, 6.07) is 12.0. The fourth-order valence-electron chi connectivity index (χ4n) is 2.88. The molecular formula is C22H14Cl2FNO5S. The molecule has 4 aromatic rings. The van der Waals surface area contributed by atoms with Crippen LogP contribution in [0.15, 0.2) is 52.9 Å². The first kappa shape index (κ1) is 22.1. The maximum absolute atomic E-state index is 13.1. The minimum Gasteiger partial charge on any atom is -0.484 e. The van der Waals surface area contributed by atoms with E-state index < -0.39 is 17.7 Å². The summed E-state index contributed by atoms with van der Waals surface area (Å²) >= 11 is 13.3. The lowest BCUT2D eigenvalue weighted by atomic mass is 10.2. The number of furan rings is 1. The van der Waals surface area contributed by atoms with E-state index in [1.807, 2.05) is 0 Å². The predicted molar refractivity (Wildman–Crippen MR) is 121 cm³/mol. The summed E-state index contributed by atoms with van der Waals surface area (Å²) in [7, 11) is 1.28. The molecule has 0 spiro atoms. The number of esters is 1. The van der Waals surface area contributed by atoms with Crippen molar-refractivity contribution in [2.75, 3.05) is 12.4 Å². The number of benzene rings is 2. The molecule has 6 nitrogen and oxygen atoms in total. The number of amides is 1. The molecule has 0 radical (unpaired) electrons. The Bertz CT molecular complexity index is 1330. The number of fused-ring (bicyclic) bond motifs is 1. The summed E-state index contributed by atoms with van der Waals surface area (Å²) in [6.07, 6.45) is 0. The van der Waals surface area contributed by atoms with E-state index >= 15 is 0 Å². The number of nitrogens with one attached hydrogen (secondary N) is 1. The van der Waals surface area contributed by atoms with Gasteiger partial charge in [0.1, 0.15) is 28.8 Å². The highest BCUT2D eigenvalue weighted by molar-refractivity contribution is 7.21. The third-order valence-electron chi connectivity index (χ3n) is 4.41. The zero-order valence-corrected chi connectivity index (χ0v) is 18.7. The van der Waals surface area contributed by atoms with Gasteiger partial charge in [0.2, 0.25) is 0 Å². The molecule has 0 aliphatic carbocycles. The number of hydrogen-bond donors (Lipinski definition) is 1. The van der Waals surface area contributed by atoms with Gasteiger partial charge < -0.3 is 19.2 Å². The van der Waals surface area contributed by atoms with Crippen LogP contribution >= 0.6 is 34.5 Å². The standard InChI is InChI=1S/C22H14Cl2FNO5S/c1-29-22(28)20-19(24)14-5-3-12(9-18(14)32-20)26-21(27)17-7-4-13(31-17)10-30-16-6-2-11(25)8-15(16)23/h2-9H,10H2,1H3,(H,26,27). The number of rotatable bonds is 6. The molecule has 0 unspecified atom stereocenters. The minimum atomic E-state index is -0.519. The van der Waals surface area contributed by atoms with E-state index in [1.54, 1.807) is 24.3 Å². The number of carbonyl (C=O) groups excluding carboxylic acids is 2. The van der Waals surface area contributed by atoms with Crippen LogP contribution in [0.3, 0.4) is 0 Å². The van der Waals surface area contributed by atoms with Gasteiger partial charge in [-0.2, -0.15) is 0 Å². The number of hydrogen-bond acceptors (Lipinski definition) is 6. The Hall–Kier alpha value is -3.07. The number of thiophene rings is 1. The molecule has 0 atom stereocenters. The van der Waals surface area contributed by atoms with Gasteiger partial charge in [0.05, 0.1) is 17.2 Å². The molecule has 2 heterocycles. The van der Waals surface area contributed by atoms with Gasteiger partial charge in [-0.05, 0) is 48.5 Å². The molecule has 4 rings (SSSR count). The van der Waals surface area contributed by atoms with Gasteiger partial charge in [-0.15, -0.1) is 11.3 Å². The fourth-order valence-corrected chi connectivity index (χ4v) is 4.57. The van der Waals surface area contributed by atoms with E-state index in [4.69, 9.17) is 37.1 Å². The van der Waals surface area contributed by atoms with Gasteiger partial charge >= 0.3 is 5.97 Å². The van der Waals surface area contributed by atoms with E-state index in [1.165, 1.54) is 36.6 Å². The number of anilines is 1. The predicted octanol–water partition coefficient (Wildman–Crippen LogP) is 6.56. The molecule has 0 aliphatic heterocycles. The Kier molecular flexibility index (Phi) is 6.36. The molecule has 10 heteroatoms. The van der Waals surface area contributed by atoms with Crippen LogP contribution in [0.25, 0.3) is 10.1 Å². The summed E-state index contributed by atoms with van der Waals surface area (Å²) in [5, 5.41) is 3.87. The van der Waals surface area contributed by atoms with Gasteiger partial charge in [0.25, 0.3) is 5.91 Å². The normalized spacial score (nSPS) is 10.9. The highest BCUT2D eigenvalue weighted by atomic mass is 35.5. The smallest absolute Gasteiger partial charge is 0.349 e. The van der Waals surface area contributed by atoms with Crippen molar-refractivity contribution in [3.05, 3.63) is 80.8 Å². The molecule has 1 amide bonds. The van der Waals surface area contributed by atoms with Crippen LogP contribution in [0.2, 0.25) is 10.0 Å². The highest BCUT2D eigenvalue weighted by Crippen LogP contribution is 2.37. The summed E-state index contributed by atoms with van der Waals surface area (Å²) in [4.78, 5) is 24.7. The zero-order chi connectivity index (χ0) is 22.8. The van der Waals surface area contributed by atoms with Crippen molar-refractivity contribution in [1.82, 2.24) is 0 Å². The fraction of sp³-hybridized carbons (Fsp3) is 0.0909. The third-order valence-corrected chi connectivity index (χ3v) is 6.34. The van der Waals surface area contributed by atoms with Crippen molar-refractivity contribution in [2.24, 2.45) is 0 Å². The lowest BCUT2D eigenvalue weighted by Gasteiger charge is -2.06. The largest absolute Gasteiger partial charge is 0.484 e. The van der Waals surface area contributed by atoms with E-state index in [9.17, 15) is 14.0 Å². The first-order chi connectivity index (χ1) is 15.4. The number of methoxy groups -OCH3 is 1. The molecule has 1 N–H and O–H groups in total. The molecule has 0 saturated heterocycles. The topological polar surface area (TPSA) is 77.8 Å². The maximum Gasteiger partial charge on any atom is 0.349 e. The Morgan fingerprint density at radius 3 is 2.69 bits per heavy atom. The first-order valence-electron chi connectivity index (χ1n) is 9.14. The maximum atomic E-state index is 13.1. The van der Waals surface area contributed by atoms with E-state index in [2.05, 4.69) is 5.32 Å². The monoisotopic (exact) mass is 493 g/mol. The summed E-state index contributed by atoms with van der Waals surface area (Å²) in [5.74, 6) is -0.694. The summed E-state index contributed by atoms with van der Waals surface area (Å²) in [5.41, 5.74) is 0.504. The zero-order valence-electron chi connectivity index (χ0n) is 16.4. The number of ether oxygens (including phenoxy) is 2. The van der Waals surface area contributed by atoms with Crippen molar-refractivity contribution in [1.29, 1.82) is 0 Å². The van der Waals surface area contributed by atoms with Crippen molar-refractivity contribution in [3.63, 3.8) is 0 Å². The van der Waals surface area contributed by atoms with Gasteiger partial charge in [0.15, 0.2) is 5.76 Å². The third kappa shape index (κ3) is 4.57. The average Bonchev–Trinajstić information content (AvgIpc) is 3.37. The SMILES string of the molecule is COC(=O)c1sc2cc(NC(=O)c3ccc(COc4ccc(F)cc4Cl)o3)ccc2c1Cl. The second kappa shape index (κ2) is 9.20. The first-order valence-corrected chi connectivity index (χ1v) is 10.7. The van der Waals surface area contributed by atoms with E-state index in [0.29, 0.717) is 32.5 Å². The van der Waals surface area contributed by atoms with Crippen LogP contribution in [-0.4, -0.2) is 19.0 Å². The van der Waals surface area contributed by atoms with Crippen LogP contribution < -0.4 is 10.1 Å². The highest BCUT2D eigenvalue weighted by Gasteiger charge is 2.19. The summed E-state index contributed by atoms with van der Waals surface area (Å²) in [6.45, 7) is 0.00852. The number of halogens is 3. The van der Waals surface area contributed by atoms with Gasteiger partial charge in [0, 0.05) is 15.8 Å². The van der Waals surface area contributed by atoms with Crippen LogP contribution in [-0.2, 0) is 11.3 Å². The van der Waals surface area contributed by atoms with Crippen molar-refractivity contribution in [2.45, 2.75) is 6.61 Å². The Morgan fingerprint density at radius 1 is 1.12 bits per heavy atom. The second-order valence-corrected chi connectivity index (χ2v) is 8.37. The molecule has 32 heavy (non-hydrogen) atoms. The molecule has 0 aliphatic rings. The van der Waals surface area contributed by atoms with Crippen LogP contribution in [0.5, 0.6) is 5.75 Å². The quantitative estimate of drug-likeness (QED) is 0.307. The lowest BCUT2D eigenvalue weighted by Crippen LogP contribution is -2.10.